The smallest absolute Gasteiger partial charge is 0.265 e. The van der Waals surface area contributed by atoms with Gasteiger partial charge in [-0.05, 0) is 30.7 Å². The van der Waals surface area contributed by atoms with E-state index in [0.717, 1.165) is 23.4 Å². The highest BCUT2D eigenvalue weighted by Gasteiger charge is 2.17. The van der Waals surface area contributed by atoms with Gasteiger partial charge in [-0.15, -0.1) is 0 Å². The number of fused-ring (bicyclic) bond motifs is 1. The maximum absolute atomic E-state index is 12.9. The van der Waals surface area contributed by atoms with Crippen molar-refractivity contribution in [3.05, 3.63) is 70.8 Å². The van der Waals surface area contributed by atoms with Crippen LogP contribution in [0, 0.1) is 0 Å². The molecular weight excluding hydrogens is 328 g/mol. The Bertz CT molecular complexity index is 827. The van der Waals surface area contributed by atoms with Crippen LogP contribution in [-0.2, 0) is 0 Å². The van der Waals surface area contributed by atoms with Crippen molar-refractivity contribution >= 4 is 26.8 Å². The molecule has 106 valence electrons. The summed E-state index contributed by atoms with van der Waals surface area (Å²) in [6, 6.07) is 17.1. The van der Waals surface area contributed by atoms with Gasteiger partial charge in [0.25, 0.3) is 5.56 Å². The van der Waals surface area contributed by atoms with Crippen LogP contribution in [-0.4, -0.2) is 9.55 Å². The zero-order chi connectivity index (χ0) is 14.8. The lowest BCUT2D eigenvalue weighted by Gasteiger charge is -2.16. The number of benzene rings is 2. The summed E-state index contributed by atoms with van der Waals surface area (Å²) in [6.07, 6.45) is 0.859. The van der Waals surface area contributed by atoms with E-state index in [1.807, 2.05) is 54.6 Å². The predicted molar refractivity (Wildman–Crippen MR) is 89.3 cm³/mol. The van der Waals surface area contributed by atoms with E-state index in [2.05, 4.69) is 22.9 Å². The van der Waals surface area contributed by atoms with Gasteiger partial charge in [-0.2, -0.15) is 0 Å². The van der Waals surface area contributed by atoms with Crippen molar-refractivity contribution in [2.75, 3.05) is 0 Å². The summed E-state index contributed by atoms with van der Waals surface area (Å²) >= 11 is 3.63. The molecule has 3 aromatic rings. The Balaban J connectivity index is 2.40. The first-order chi connectivity index (χ1) is 10.2. The second-order valence-electron chi connectivity index (χ2n) is 4.84. The molecule has 0 saturated carbocycles. The van der Waals surface area contributed by atoms with Gasteiger partial charge in [-0.3, -0.25) is 9.36 Å². The molecule has 0 saturated heterocycles. The number of rotatable bonds is 3. The average Bonchev–Trinajstić information content (AvgIpc) is 2.55. The highest BCUT2D eigenvalue weighted by atomic mass is 79.9. The summed E-state index contributed by atoms with van der Waals surface area (Å²) in [4.78, 5) is 17.6. The lowest BCUT2D eigenvalue weighted by atomic mass is 10.2. The molecule has 0 fully saturated rings. The highest BCUT2D eigenvalue weighted by molar-refractivity contribution is 9.09. The van der Waals surface area contributed by atoms with Crippen molar-refractivity contribution in [1.82, 2.24) is 9.55 Å². The molecule has 0 N–H and O–H groups in total. The monoisotopic (exact) mass is 342 g/mol. The third-order valence-electron chi connectivity index (χ3n) is 3.45. The highest BCUT2D eigenvalue weighted by Crippen LogP contribution is 2.26. The molecule has 4 heteroatoms. The van der Waals surface area contributed by atoms with E-state index < -0.39 is 0 Å². The van der Waals surface area contributed by atoms with E-state index in [-0.39, 0.29) is 10.4 Å². The summed E-state index contributed by atoms with van der Waals surface area (Å²) in [6.45, 7) is 2.07. The molecule has 2 aromatic carbocycles. The van der Waals surface area contributed by atoms with Gasteiger partial charge in [-0.1, -0.05) is 53.2 Å². The zero-order valence-electron chi connectivity index (χ0n) is 11.7. The van der Waals surface area contributed by atoms with Gasteiger partial charge >= 0.3 is 0 Å². The topological polar surface area (TPSA) is 34.9 Å². The number of halogens is 1. The molecule has 0 bridgehead atoms. The zero-order valence-corrected chi connectivity index (χ0v) is 13.2. The van der Waals surface area contributed by atoms with E-state index in [4.69, 9.17) is 4.98 Å². The van der Waals surface area contributed by atoms with E-state index >= 15 is 0 Å². The van der Waals surface area contributed by atoms with E-state index in [9.17, 15) is 4.79 Å². The molecule has 0 aliphatic carbocycles. The van der Waals surface area contributed by atoms with Gasteiger partial charge in [0.05, 0.1) is 21.4 Å². The standard InChI is InChI=1S/C17H15BrN2O/c1-2-14(18)16-19-15-11-7-6-10-13(15)17(21)20(16)12-8-4-3-5-9-12/h3-11,14H,2H2,1H3. The second kappa shape index (κ2) is 5.82. The molecule has 1 heterocycles. The first kappa shape index (κ1) is 14.0. The Morgan fingerprint density at radius 1 is 1.10 bits per heavy atom. The molecule has 0 amide bonds. The predicted octanol–water partition coefficient (Wildman–Crippen LogP) is 4.23. The van der Waals surface area contributed by atoms with Crippen LogP contribution in [0.5, 0.6) is 0 Å². The van der Waals surface area contributed by atoms with Crippen LogP contribution in [0.15, 0.2) is 59.4 Å². The minimum atomic E-state index is -0.0281. The molecule has 3 rings (SSSR count). The molecule has 0 radical (unpaired) electrons. The van der Waals surface area contributed by atoms with Crippen molar-refractivity contribution in [3.8, 4) is 5.69 Å². The third-order valence-corrected chi connectivity index (χ3v) is 4.51. The number of para-hydroxylation sites is 2. The van der Waals surface area contributed by atoms with Crippen molar-refractivity contribution in [2.45, 2.75) is 18.2 Å². The number of alkyl halides is 1. The molecule has 21 heavy (non-hydrogen) atoms. The van der Waals surface area contributed by atoms with E-state index in [0.29, 0.717) is 5.39 Å². The Kier molecular flexibility index (Phi) is 3.88. The minimum absolute atomic E-state index is 0.0281. The lowest BCUT2D eigenvalue weighted by molar-refractivity contribution is 0.768. The largest absolute Gasteiger partial charge is 0.268 e. The van der Waals surface area contributed by atoms with Crippen molar-refractivity contribution in [1.29, 1.82) is 0 Å². The van der Waals surface area contributed by atoms with E-state index in [1.54, 1.807) is 4.57 Å². The summed E-state index contributed by atoms with van der Waals surface area (Å²) in [5.74, 6) is 0.743. The van der Waals surface area contributed by atoms with Crippen molar-refractivity contribution < 1.29 is 0 Å². The quantitative estimate of drug-likeness (QED) is 0.667. The molecule has 0 aliphatic rings. The first-order valence-corrected chi connectivity index (χ1v) is 7.85. The third kappa shape index (κ3) is 2.51. The summed E-state index contributed by atoms with van der Waals surface area (Å²) in [5.41, 5.74) is 1.55. The average molecular weight is 343 g/mol. The van der Waals surface area contributed by atoms with Gasteiger partial charge in [0.1, 0.15) is 5.82 Å². The summed E-state index contributed by atoms with van der Waals surface area (Å²) in [7, 11) is 0. The lowest BCUT2D eigenvalue weighted by Crippen LogP contribution is -2.24. The van der Waals surface area contributed by atoms with Gasteiger partial charge in [0, 0.05) is 0 Å². The Hall–Kier alpha value is -1.94. The summed E-state index contributed by atoms with van der Waals surface area (Å²) < 4.78 is 1.70. The fraction of sp³-hybridized carbons (Fsp3) is 0.176. The molecular formula is C17H15BrN2O. The van der Waals surface area contributed by atoms with E-state index in [1.165, 1.54) is 0 Å². The maximum atomic E-state index is 12.9. The van der Waals surface area contributed by atoms with Crippen LogP contribution in [0.3, 0.4) is 0 Å². The van der Waals surface area contributed by atoms with Crippen LogP contribution in [0.2, 0.25) is 0 Å². The number of hydrogen-bond acceptors (Lipinski definition) is 2. The molecule has 0 aliphatic heterocycles. The van der Waals surface area contributed by atoms with Crippen LogP contribution in [0.1, 0.15) is 24.0 Å². The Morgan fingerprint density at radius 2 is 1.76 bits per heavy atom. The number of nitrogens with zero attached hydrogens (tertiary/aromatic N) is 2. The first-order valence-electron chi connectivity index (χ1n) is 6.93. The normalized spacial score (nSPS) is 12.5. The van der Waals surface area contributed by atoms with Crippen LogP contribution in [0.25, 0.3) is 16.6 Å². The van der Waals surface area contributed by atoms with Gasteiger partial charge in [-0.25, -0.2) is 4.98 Å². The van der Waals surface area contributed by atoms with Gasteiger partial charge in [0.15, 0.2) is 0 Å². The fourth-order valence-corrected chi connectivity index (χ4v) is 2.68. The van der Waals surface area contributed by atoms with Gasteiger partial charge < -0.3 is 0 Å². The molecule has 3 nitrogen and oxygen atoms in total. The van der Waals surface area contributed by atoms with Crippen LogP contribution in [0.4, 0.5) is 0 Å². The summed E-state index contributed by atoms with van der Waals surface area (Å²) in [5, 5.41) is 0.640. The SMILES string of the molecule is CCC(Br)c1nc2ccccc2c(=O)n1-c1ccccc1. The number of hydrogen-bond donors (Lipinski definition) is 0. The van der Waals surface area contributed by atoms with Gasteiger partial charge in [0.2, 0.25) is 0 Å². The molecule has 0 spiro atoms. The van der Waals surface area contributed by atoms with Crippen molar-refractivity contribution in [3.63, 3.8) is 0 Å². The Labute approximate surface area is 131 Å². The fourth-order valence-electron chi connectivity index (χ4n) is 2.37. The molecule has 1 atom stereocenters. The van der Waals surface area contributed by atoms with Crippen LogP contribution < -0.4 is 5.56 Å². The second-order valence-corrected chi connectivity index (χ2v) is 5.94. The number of aromatic nitrogens is 2. The molecule has 1 unspecified atom stereocenters. The maximum Gasteiger partial charge on any atom is 0.265 e. The molecule has 1 aromatic heterocycles. The van der Waals surface area contributed by atoms with Crippen molar-refractivity contribution in [2.24, 2.45) is 0 Å². The Morgan fingerprint density at radius 3 is 2.48 bits per heavy atom. The minimum Gasteiger partial charge on any atom is -0.268 e. The van der Waals surface area contributed by atoms with Crippen LogP contribution >= 0.6 is 15.9 Å².